The molecule has 3 fully saturated rings. The normalized spacial score (nSPS) is 24.9. The number of hydrogen-bond acceptors (Lipinski definition) is 4. The van der Waals surface area contributed by atoms with Gasteiger partial charge < -0.3 is 4.90 Å². The van der Waals surface area contributed by atoms with E-state index in [1.165, 1.54) is 36.4 Å². The molecule has 3 aliphatic heterocycles. The van der Waals surface area contributed by atoms with E-state index in [0.29, 0.717) is 6.04 Å². The quantitative estimate of drug-likeness (QED) is 0.813. The van der Waals surface area contributed by atoms with Gasteiger partial charge in [0.05, 0.1) is 17.9 Å². The molecule has 0 radical (unpaired) electrons. The summed E-state index contributed by atoms with van der Waals surface area (Å²) in [6.45, 7) is 4.71. The topological polar surface area (TPSA) is 32.3 Å². The van der Waals surface area contributed by atoms with Crippen LogP contribution in [0, 0.1) is 0 Å². The van der Waals surface area contributed by atoms with E-state index in [4.69, 9.17) is 0 Å². The van der Waals surface area contributed by atoms with Gasteiger partial charge in [0.25, 0.3) is 0 Å². The first-order valence-electron chi connectivity index (χ1n) is 6.74. The summed E-state index contributed by atoms with van der Waals surface area (Å²) >= 11 is 0. The highest BCUT2D eigenvalue weighted by Gasteiger charge is 2.36. The van der Waals surface area contributed by atoms with Gasteiger partial charge in [0.1, 0.15) is 0 Å². The molecule has 0 saturated carbocycles. The summed E-state index contributed by atoms with van der Waals surface area (Å²) in [4.78, 5) is 13.5. The molecular formula is C15H16N4. The Kier molecular flexibility index (Phi) is 2.48. The average Bonchev–Trinajstić information content (AvgIpc) is 2.48. The number of pyridine rings is 2. The molecule has 5 heterocycles. The Morgan fingerprint density at radius 3 is 2.53 bits per heavy atom. The van der Waals surface area contributed by atoms with Crippen LogP contribution in [0.25, 0.3) is 11.1 Å². The predicted octanol–water partition coefficient (Wildman–Crippen LogP) is 1.65. The van der Waals surface area contributed by atoms with Crippen molar-refractivity contribution in [2.24, 2.45) is 0 Å². The number of aromatic nitrogens is 2. The van der Waals surface area contributed by atoms with Crippen molar-refractivity contribution in [3.63, 3.8) is 0 Å². The van der Waals surface area contributed by atoms with Gasteiger partial charge >= 0.3 is 0 Å². The van der Waals surface area contributed by atoms with Gasteiger partial charge in [-0.2, -0.15) is 0 Å². The summed E-state index contributed by atoms with van der Waals surface area (Å²) in [5, 5.41) is 0. The average molecular weight is 252 g/mol. The van der Waals surface area contributed by atoms with Gasteiger partial charge in [0, 0.05) is 50.3 Å². The summed E-state index contributed by atoms with van der Waals surface area (Å²) in [7, 11) is 0. The Morgan fingerprint density at radius 1 is 0.947 bits per heavy atom. The zero-order chi connectivity index (χ0) is 12.7. The Labute approximate surface area is 112 Å². The van der Waals surface area contributed by atoms with E-state index in [1.54, 1.807) is 0 Å². The number of nitrogens with zero attached hydrogens (tertiary/aromatic N) is 4. The minimum absolute atomic E-state index is 0.684. The molecule has 96 valence electrons. The molecule has 2 bridgehead atoms. The highest BCUT2D eigenvalue weighted by atomic mass is 15.4. The number of anilines is 1. The van der Waals surface area contributed by atoms with Crippen molar-refractivity contribution in [1.82, 2.24) is 14.9 Å². The Hall–Kier alpha value is -1.94. The maximum atomic E-state index is 4.41. The van der Waals surface area contributed by atoms with Gasteiger partial charge in [0.2, 0.25) is 0 Å². The van der Waals surface area contributed by atoms with Crippen molar-refractivity contribution in [3.8, 4) is 11.1 Å². The van der Waals surface area contributed by atoms with Crippen molar-refractivity contribution < 1.29 is 0 Å². The summed E-state index contributed by atoms with van der Waals surface area (Å²) in [6.07, 6.45) is 7.56. The van der Waals surface area contributed by atoms with E-state index >= 15 is 0 Å². The molecule has 3 aliphatic rings. The van der Waals surface area contributed by atoms with E-state index in [2.05, 4.69) is 25.8 Å². The third-order valence-electron chi connectivity index (χ3n) is 4.10. The lowest BCUT2D eigenvalue weighted by molar-refractivity contribution is 0.110. The molecule has 19 heavy (non-hydrogen) atoms. The standard InChI is InChI=1S/C15H16N4/c1-3-16-4-2-12(1)13-7-14(9-17-8-13)19-6-5-18-10-15(19)11-18/h1-4,7-9,15H,5-6,10-11H2. The van der Waals surface area contributed by atoms with Crippen LogP contribution >= 0.6 is 0 Å². The summed E-state index contributed by atoms with van der Waals surface area (Å²) in [6, 6.07) is 6.99. The predicted molar refractivity (Wildman–Crippen MR) is 75.0 cm³/mol. The Morgan fingerprint density at radius 2 is 1.79 bits per heavy atom. The van der Waals surface area contributed by atoms with Gasteiger partial charge in [0.15, 0.2) is 0 Å². The molecular weight excluding hydrogens is 236 g/mol. The monoisotopic (exact) mass is 252 g/mol. The molecule has 4 heteroatoms. The molecule has 3 saturated heterocycles. The maximum Gasteiger partial charge on any atom is 0.0562 e. The molecule has 0 aliphatic carbocycles. The number of fused-ring (bicyclic) bond motifs is 2. The molecule has 2 aromatic heterocycles. The molecule has 4 nitrogen and oxygen atoms in total. The molecule has 0 atom stereocenters. The second-order valence-corrected chi connectivity index (χ2v) is 5.27. The van der Waals surface area contributed by atoms with Gasteiger partial charge in [-0.3, -0.25) is 14.9 Å². The molecule has 0 N–H and O–H groups in total. The van der Waals surface area contributed by atoms with Gasteiger partial charge in [-0.05, 0) is 23.8 Å². The zero-order valence-corrected chi connectivity index (χ0v) is 10.7. The van der Waals surface area contributed by atoms with E-state index in [-0.39, 0.29) is 0 Å². The van der Waals surface area contributed by atoms with Gasteiger partial charge in [-0.25, -0.2) is 0 Å². The third kappa shape index (κ3) is 1.88. The first-order valence-corrected chi connectivity index (χ1v) is 6.74. The molecule has 0 aromatic carbocycles. The minimum atomic E-state index is 0.684. The van der Waals surface area contributed by atoms with Crippen LogP contribution in [-0.2, 0) is 0 Å². The van der Waals surface area contributed by atoms with Crippen molar-refractivity contribution in [1.29, 1.82) is 0 Å². The minimum Gasteiger partial charge on any atom is -0.363 e. The van der Waals surface area contributed by atoms with Gasteiger partial charge in [-0.1, -0.05) is 0 Å². The summed E-state index contributed by atoms with van der Waals surface area (Å²) in [5.41, 5.74) is 3.59. The van der Waals surface area contributed by atoms with E-state index in [0.717, 1.165) is 6.54 Å². The molecule has 5 rings (SSSR count). The Bertz CT molecular complexity index is 575. The molecule has 2 aromatic rings. The molecule has 0 spiro atoms. The van der Waals surface area contributed by atoms with Crippen LogP contribution in [0.5, 0.6) is 0 Å². The maximum absolute atomic E-state index is 4.41. The van der Waals surface area contributed by atoms with E-state index in [9.17, 15) is 0 Å². The highest BCUT2D eigenvalue weighted by Crippen LogP contribution is 2.29. The lowest BCUT2D eigenvalue weighted by atomic mass is 10.0. The fraction of sp³-hybridized carbons (Fsp3) is 0.333. The van der Waals surface area contributed by atoms with Crippen LogP contribution in [0.15, 0.2) is 43.0 Å². The first kappa shape index (κ1) is 10.9. The number of rotatable bonds is 2. The van der Waals surface area contributed by atoms with E-state index in [1.807, 2.05) is 36.9 Å². The lowest BCUT2D eigenvalue weighted by Gasteiger charge is -2.52. The lowest BCUT2D eigenvalue weighted by Crippen LogP contribution is -2.66. The van der Waals surface area contributed by atoms with Crippen LogP contribution in [0.1, 0.15) is 0 Å². The van der Waals surface area contributed by atoms with Crippen molar-refractivity contribution >= 4 is 5.69 Å². The highest BCUT2D eigenvalue weighted by molar-refractivity contribution is 5.67. The fourth-order valence-corrected chi connectivity index (χ4v) is 2.98. The first-order chi connectivity index (χ1) is 9.40. The second-order valence-electron chi connectivity index (χ2n) is 5.27. The van der Waals surface area contributed by atoms with Crippen molar-refractivity contribution in [2.45, 2.75) is 6.04 Å². The zero-order valence-electron chi connectivity index (χ0n) is 10.7. The van der Waals surface area contributed by atoms with Crippen LogP contribution in [0.3, 0.4) is 0 Å². The van der Waals surface area contributed by atoms with Crippen molar-refractivity contribution in [2.75, 3.05) is 31.1 Å². The van der Waals surface area contributed by atoms with E-state index < -0.39 is 0 Å². The molecule has 0 amide bonds. The summed E-state index contributed by atoms with van der Waals surface area (Å²) in [5.74, 6) is 0. The van der Waals surface area contributed by atoms with Crippen LogP contribution in [-0.4, -0.2) is 47.1 Å². The SMILES string of the molecule is c1cc(-c2cncc(N3CCN4CC3C4)c2)ccn1. The second kappa shape index (κ2) is 4.31. The Balaban J connectivity index is 1.67. The van der Waals surface area contributed by atoms with Crippen LogP contribution < -0.4 is 4.90 Å². The summed E-state index contributed by atoms with van der Waals surface area (Å²) < 4.78 is 0. The smallest absolute Gasteiger partial charge is 0.0562 e. The fourth-order valence-electron chi connectivity index (χ4n) is 2.98. The number of hydrogen-bond donors (Lipinski definition) is 0. The van der Waals surface area contributed by atoms with Gasteiger partial charge in [-0.15, -0.1) is 0 Å². The largest absolute Gasteiger partial charge is 0.363 e. The van der Waals surface area contributed by atoms with Crippen molar-refractivity contribution in [3.05, 3.63) is 43.0 Å². The van der Waals surface area contributed by atoms with Crippen LogP contribution in [0.2, 0.25) is 0 Å². The van der Waals surface area contributed by atoms with Crippen LogP contribution in [0.4, 0.5) is 5.69 Å². The molecule has 0 unspecified atom stereocenters. The third-order valence-corrected chi connectivity index (χ3v) is 4.10. The number of piperazine rings is 2.